The highest BCUT2D eigenvalue weighted by Crippen LogP contribution is 2.22. The molecule has 116 valence electrons. The monoisotopic (exact) mass is 302 g/mol. The first-order chi connectivity index (χ1) is 10.6. The molecule has 0 saturated heterocycles. The van der Waals surface area contributed by atoms with E-state index in [0.29, 0.717) is 18.0 Å². The number of carbonyl (C=O) groups is 1. The second-order valence-corrected chi connectivity index (χ2v) is 4.52. The Morgan fingerprint density at radius 3 is 2.68 bits per heavy atom. The lowest BCUT2D eigenvalue weighted by Crippen LogP contribution is -2.29. The minimum atomic E-state index is -0.638. The fraction of sp³-hybridized carbons (Fsp3) is 0.312. The van der Waals surface area contributed by atoms with Crippen LogP contribution in [0.2, 0.25) is 0 Å². The van der Waals surface area contributed by atoms with Crippen LogP contribution in [0.1, 0.15) is 24.2 Å². The number of ether oxygens (including phenoxy) is 2. The Bertz CT molecular complexity index is 737. The summed E-state index contributed by atoms with van der Waals surface area (Å²) in [5.41, 5.74) is 0.805. The van der Waals surface area contributed by atoms with E-state index in [9.17, 15) is 9.59 Å². The number of carbonyl (C=O) groups excluding carboxylic acids is 1. The summed E-state index contributed by atoms with van der Waals surface area (Å²) in [5, 5.41) is 4.28. The van der Waals surface area contributed by atoms with Gasteiger partial charge in [0.15, 0.2) is 0 Å². The number of hydrogen-bond donors (Lipinski definition) is 0. The molecule has 0 atom stereocenters. The van der Waals surface area contributed by atoms with Crippen LogP contribution in [0, 0.1) is 0 Å². The van der Waals surface area contributed by atoms with Gasteiger partial charge in [0.25, 0.3) is 5.56 Å². The van der Waals surface area contributed by atoms with E-state index in [1.807, 2.05) is 18.2 Å². The van der Waals surface area contributed by atoms with Crippen LogP contribution >= 0.6 is 0 Å². The molecule has 2 rings (SSSR count). The topological polar surface area (TPSA) is 70.4 Å². The second kappa shape index (κ2) is 6.89. The fourth-order valence-corrected chi connectivity index (χ4v) is 2.03. The van der Waals surface area contributed by atoms with Crippen LogP contribution in [0.15, 0.2) is 35.1 Å². The van der Waals surface area contributed by atoms with E-state index >= 15 is 0 Å². The van der Waals surface area contributed by atoms with E-state index in [0.717, 1.165) is 5.56 Å². The lowest BCUT2D eigenvalue weighted by molar-refractivity contribution is 0.0523. The third-order valence-corrected chi connectivity index (χ3v) is 3.13. The average Bonchev–Trinajstić information content (AvgIpc) is 2.55. The first kappa shape index (κ1) is 15.8. The van der Waals surface area contributed by atoms with Crippen LogP contribution in [-0.2, 0) is 11.3 Å². The molecule has 0 aliphatic carbocycles. The molecular formula is C16H18N2O4. The number of nitrogens with zero attached hydrogens (tertiary/aromatic N) is 2. The summed E-state index contributed by atoms with van der Waals surface area (Å²) >= 11 is 0. The molecule has 0 fully saturated rings. The molecule has 0 bridgehead atoms. The van der Waals surface area contributed by atoms with Crippen molar-refractivity contribution in [3.8, 4) is 17.0 Å². The fourth-order valence-electron chi connectivity index (χ4n) is 2.03. The van der Waals surface area contributed by atoms with Gasteiger partial charge >= 0.3 is 5.97 Å². The van der Waals surface area contributed by atoms with Crippen LogP contribution in [0.4, 0.5) is 0 Å². The minimum Gasteiger partial charge on any atom is -0.497 e. The summed E-state index contributed by atoms with van der Waals surface area (Å²) in [7, 11) is 1.57. The Morgan fingerprint density at radius 2 is 2.05 bits per heavy atom. The summed E-state index contributed by atoms with van der Waals surface area (Å²) in [6.07, 6.45) is 0. The first-order valence-corrected chi connectivity index (χ1v) is 7.04. The molecule has 1 aromatic heterocycles. The summed E-state index contributed by atoms with van der Waals surface area (Å²) in [4.78, 5) is 24.2. The van der Waals surface area contributed by atoms with Gasteiger partial charge < -0.3 is 9.47 Å². The number of methoxy groups -OCH3 is 1. The summed E-state index contributed by atoms with van der Waals surface area (Å²) < 4.78 is 11.4. The van der Waals surface area contributed by atoms with Gasteiger partial charge in [0.2, 0.25) is 0 Å². The molecule has 0 unspecified atom stereocenters. The lowest BCUT2D eigenvalue weighted by Gasteiger charge is -2.09. The van der Waals surface area contributed by atoms with Gasteiger partial charge in [-0.3, -0.25) is 4.79 Å². The third kappa shape index (κ3) is 3.16. The van der Waals surface area contributed by atoms with Crippen LogP contribution in [0.5, 0.6) is 5.75 Å². The summed E-state index contributed by atoms with van der Waals surface area (Å²) in [5.74, 6) is 0.0347. The first-order valence-electron chi connectivity index (χ1n) is 7.04. The van der Waals surface area contributed by atoms with Crippen molar-refractivity contribution in [2.45, 2.75) is 20.4 Å². The zero-order valence-electron chi connectivity index (χ0n) is 12.8. The molecule has 0 N–H and O–H groups in total. The van der Waals surface area contributed by atoms with Gasteiger partial charge in [0.05, 0.1) is 19.4 Å². The van der Waals surface area contributed by atoms with Crippen molar-refractivity contribution in [3.63, 3.8) is 0 Å². The molecule has 22 heavy (non-hydrogen) atoms. The molecule has 0 aliphatic rings. The number of aryl methyl sites for hydroxylation is 1. The second-order valence-electron chi connectivity index (χ2n) is 4.52. The third-order valence-electron chi connectivity index (χ3n) is 3.13. The van der Waals surface area contributed by atoms with E-state index in [1.165, 1.54) is 10.7 Å². The van der Waals surface area contributed by atoms with E-state index in [1.54, 1.807) is 27.0 Å². The predicted molar refractivity (Wildman–Crippen MR) is 82.1 cm³/mol. The van der Waals surface area contributed by atoms with Gasteiger partial charge in [-0.05, 0) is 32.0 Å². The van der Waals surface area contributed by atoms with Crippen molar-refractivity contribution < 1.29 is 14.3 Å². The minimum absolute atomic E-state index is 0.0171. The number of benzene rings is 1. The molecule has 1 heterocycles. The molecule has 2 aromatic rings. The van der Waals surface area contributed by atoms with Gasteiger partial charge in [-0.25, -0.2) is 9.48 Å². The number of hydrogen-bond acceptors (Lipinski definition) is 5. The highest BCUT2D eigenvalue weighted by molar-refractivity contribution is 5.90. The maximum atomic E-state index is 12.2. The zero-order valence-corrected chi connectivity index (χ0v) is 12.8. The smallest absolute Gasteiger partial charge is 0.343 e. The maximum Gasteiger partial charge on any atom is 0.343 e. The van der Waals surface area contributed by atoms with Crippen molar-refractivity contribution in [1.82, 2.24) is 9.78 Å². The summed E-state index contributed by atoms with van der Waals surface area (Å²) in [6, 6.07) is 8.72. The van der Waals surface area contributed by atoms with Crippen molar-refractivity contribution in [2.24, 2.45) is 0 Å². The molecule has 0 aliphatic heterocycles. The zero-order chi connectivity index (χ0) is 16.1. The van der Waals surface area contributed by atoms with E-state index in [4.69, 9.17) is 9.47 Å². The van der Waals surface area contributed by atoms with Crippen molar-refractivity contribution in [1.29, 1.82) is 0 Å². The molecule has 0 saturated carbocycles. The molecule has 6 nitrogen and oxygen atoms in total. The molecule has 0 amide bonds. The molecule has 0 spiro atoms. The standard InChI is InChI=1S/C16H18N2O4/c1-4-18-15(19)13(16(20)22-5-2)10-14(17-18)11-7-6-8-12(9-11)21-3/h6-10H,4-5H2,1-3H3. The lowest BCUT2D eigenvalue weighted by atomic mass is 10.1. The van der Waals surface area contributed by atoms with E-state index in [-0.39, 0.29) is 12.2 Å². The molecule has 1 aromatic carbocycles. The van der Waals surface area contributed by atoms with Crippen molar-refractivity contribution in [3.05, 3.63) is 46.2 Å². The van der Waals surface area contributed by atoms with Crippen molar-refractivity contribution in [2.75, 3.05) is 13.7 Å². The Hall–Kier alpha value is -2.63. The Labute approximate surface area is 128 Å². The highest BCUT2D eigenvalue weighted by atomic mass is 16.5. The van der Waals surface area contributed by atoms with Gasteiger partial charge in [-0.1, -0.05) is 12.1 Å². The Morgan fingerprint density at radius 1 is 1.27 bits per heavy atom. The number of aromatic nitrogens is 2. The van der Waals surface area contributed by atoms with Crippen molar-refractivity contribution >= 4 is 5.97 Å². The molecular weight excluding hydrogens is 284 g/mol. The van der Waals surface area contributed by atoms with Crippen LogP contribution in [0.3, 0.4) is 0 Å². The van der Waals surface area contributed by atoms with Crippen LogP contribution < -0.4 is 10.3 Å². The quantitative estimate of drug-likeness (QED) is 0.791. The molecule has 6 heteroatoms. The number of esters is 1. The van der Waals surface area contributed by atoms with Crippen LogP contribution in [0.25, 0.3) is 11.3 Å². The van der Waals surface area contributed by atoms with E-state index in [2.05, 4.69) is 5.10 Å². The highest BCUT2D eigenvalue weighted by Gasteiger charge is 2.17. The number of rotatable bonds is 5. The van der Waals surface area contributed by atoms with Gasteiger partial charge in [0.1, 0.15) is 11.3 Å². The SMILES string of the molecule is CCOC(=O)c1cc(-c2cccc(OC)c2)nn(CC)c1=O. The Balaban J connectivity index is 2.58. The predicted octanol–water partition coefficient (Wildman–Crippen LogP) is 2.12. The maximum absolute atomic E-state index is 12.2. The average molecular weight is 302 g/mol. The normalized spacial score (nSPS) is 10.3. The van der Waals surface area contributed by atoms with Gasteiger partial charge in [-0.15, -0.1) is 0 Å². The largest absolute Gasteiger partial charge is 0.497 e. The molecule has 0 radical (unpaired) electrons. The summed E-state index contributed by atoms with van der Waals surface area (Å²) in [6.45, 7) is 4.06. The Kier molecular flexibility index (Phi) is 4.93. The van der Waals surface area contributed by atoms with E-state index < -0.39 is 11.5 Å². The van der Waals surface area contributed by atoms with Gasteiger partial charge in [-0.2, -0.15) is 5.10 Å². The van der Waals surface area contributed by atoms with Gasteiger partial charge in [0, 0.05) is 12.1 Å². The van der Waals surface area contributed by atoms with Crippen LogP contribution in [-0.4, -0.2) is 29.5 Å².